The first kappa shape index (κ1) is 21.7. The van der Waals surface area contributed by atoms with Crippen molar-refractivity contribution < 1.29 is 18.8 Å². The second kappa shape index (κ2) is 10.6. The molecule has 2 rings (SSSR count). The van der Waals surface area contributed by atoms with E-state index in [2.05, 4.69) is 40.6 Å². The average molecular weight is 410 g/mol. The third-order valence-electron chi connectivity index (χ3n) is 4.94. The molecule has 5 N–H and O–H groups in total. The van der Waals surface area contributed by atoms with Gasteiger partial charge in [0.1, 0.15) is 0 Å². The van der Waals surface area contributed by atoms with Gasteiger partial charge in [0.25, 0.3) is 11.8 Å². The lowest BCUT2D eigenvalue weighted by Gasteiger charge is -2.35. The largest absolute Gasteiger partial charge is 0.459 e. The van der Waals surface area contributed by atoms with Gasteiger partial charge in [0.2, 0.25) is 5.91 Å². The van der Waals surface area contributed by atoms with Crippen molar-refractivity contribution >= 4 is 35.1 Å². The van der Waals surface area contributed by atoms with Crippen LogP contribution in [0.3, 0.4) is 0 Å². The Bertz CT molecular complexity index is 694. The lowest BCUT2D eigenvalue weighted by atomic mass is 9.78. The minimum Gasteiger partial charge on any atom is -0.459 e. The number of hydrogen-bond donors (Lipinski definition) is 5. The summed E-state index contributed by atoms with van der Waals surface area (Å²) in [5, 5.41) is 8.36. The second-order valence-electron chi connectivity index (χ2n) is 6.96. The Labute approximate surface area is 169 Å². The Kier molecular flexibility index (Phi) is 8.24. The molecule has 10 heteroatoms. The molecule has 1 aromatic rings. The molecule has 0 saturated heterocycles. The molecule has 0 aromatic carbocycles. The predicted molar refractivity (Wildman–Crippen MR) is 107 cm³/mol. The number of thiocarbonyl (C=S) groups is 1. The van der Waals surface area contributed by atoms with Crippen molar-refractivity contribution in [1.29, 1.82) is 0 Å². The summed E-state index contributed by atoms with van der Waals surface area (Å²) in [5.74, 6) is -0.223. The molecule has 9 nitrogen and oxygen atoms in total. The zero-order valence-electron chi connectivity index (χ0n) is 16.0. The monoisotopic (exact) mass is 409 g/mol. The summed E-state index contributed by atoms with van der Waals surface area (Å²) < 4.78 is 4.91. The predicted octanol–water partition coefficient (Wildman–Crippen LogP) is 0.446. The molecule has 1 aliphatic rings. The maximum Gasteiger partial charge on any atom is 0.287 e. The van der Waals surface area contributed by atoms with Crippen molar-refractivity contribution in [2.45, 2.75) is 39.2 Å². The topological polar surface area (TPSA) is 124 Å². The van der Waals surface area contributed by atoms with Gasteiger partial charge in [-0.15, -0.1) is 0 Å². The summed E-state index contributed by atoms with van der Waals surface area (Å²) in [7, 11) is 0. The molecule has 1 fully saturated rings. The number of amides is 3. The Hall–Kier alpha value is -2.62. The van der Waals surface area contributed by atoms with E-state index < -0.39 is 17.7 Å². The van der Waals surface area contributed by atoms with Gasteiger partial charge in [-0.1, -0.05) is 26.7 Å². The van der Waals surface area contributed by atoms with Crippen LogP contribution in [0.5, 0.6) is 0 Å². The quantitative estimate of drug-likeness (QED) is 0.341. The van der Waals surface area contributed by atoms with Crippen LogP contribution in [0.4, 0.5) is 0 Å². The van der Waals surface area contributed by atoms with Crippen molar-refractivity contribution in [3.63, 3.8) is 0 Å². The molecule has 3 amide bonds. The van der Waals surface area contributed by atoms with E-state index in [9.17, 15) is 14.4 Å². The third-order valence-corrected chi connectivity index (χ3v) is 5.16. The van der Waals surface area contributed by atoms with Crippen LogP contribution in [0, 0.1) is 11.8 Å². The van der Waals surface area contributed by atoms with Crippen molar-refractivity contribution in [1.82, 2.24) is 26.8 Å². The van der Waals surface area contributed by atoms with E-state index in [-0.39, 0.29) is 24.9 Å². The Morgan fingerprint density at radius 2 is 1.86 bits per heavy atom. The van der Waals surface area contributed by atoms with Crippen LogP contribution in [0.2, 0.25) is 0 Å². The minimum absolute atomic E-state index is 0.109. The first-order valence-electron chi connectivity index (χ1n) is 9.30. The lowest BCUT2D eigenvalue weighted by Crippen LogP contribution is -2.54. The van der Waals surface area contributed by atoms with Crippen LogP contribution in [-0.2, 0) is 9.59 Å². The number of hydrogen-bond acceptors (Lipinski definition) is 5. The van der Waals surface area contributed by atoms with Crippen LogP contribution < -0.4 is 26.8 Å². The van der Waals surface area contributed by atoms with Gasteiger partial charge in [-0.05, 0) is 42.6 Å². The number of hydrazine groups is 1. The number of carbonyl (C=O) groups excluding carboxylic acids is 3. The molecule has 1 aromatic heterocycles. The zero-order valence-corrected chi connectivity index (χ0v) is 16.9. The van der Waals surface area contributed by atoms with Crippen molar-refractivity contribution in [3.05, 3.63) is 24.2 Å². The Morgan fingerprint density at radius 3 is 2.57 bits per heavy atom. The molecule has 0 aliphatic heterocycles. The molecule has 0 bridgehead atoms. The van der Waals surface area contributed by atoms with E-state index >= 15 is 0 Å². The summed E-state index contributed by atoms with van der Waals surface area (Å²) in [4.78, 5) is 35.1. The van der Waals surface area contributed by atoms with Crippen molar-refractivity contribution in [3.8, 4) is 0 Å². The Morgan fingerprint density at radius 1 is 1.11 bits per heavy atom. The van der Waals surface area contributed by atoms with E-state index in [1.54, 1.807) is 6.07 Å². The first-order valence-corrected chi connectivity index (χ1v) is 9.71. The molecular formula is C18H27N5O4S. The number of furan rings is 1. The van der Waals surface area contributed by atoms with E-state index in [4.69, 9.17) is 16.6 Å². The third kappa shape index (κ3) is 6.84. The normalized spacial score (nSPS) is 21.3. The number of rotatable bonds is 6. The highest BCUT2D eigenvalue weighted by Gasteiger charge is 2.27. The summed E-state index contributed by atoms with van der Waals surface area (Å²) in [6.07, 6.45) is 4.78. The maximum absolute atomic E-state index is 11.8. The Balaban J connectivity index is 1.59. The average Bonchev–Trinajstić information content (AvgIpc) is 3.21. The van der Waals surface area contributed by atoms with E-state index in [1.165, 1.54) is 18.8 Å². The summed E-state index contributed by atoms with van der Waals surface area (Å²) in [6.45, 7) is 3.92. The standard InChI is InChI=1S/C18H27N5O4S/c1-11-5-3-6-13(12(11)2)21-18(28)23-22-16(25)10-19-15(24)9-20-17(26)14-7-4-8-27-14/h4,7-8,11-13H,3,5-6,9-10H2,1-2H3,(H,19,24)(H,20,26)(H,22,25)(H2,21,23,28)/t11-,12-,13+/m1/s1. The summed E-state index contributed by atoms with van der Waals surface area (Å²) in [5.41, 5.74) is 5.08. The van der Waals surface area contributed by atoms with Gasteiger partial charge >= 0.3 is 0 Å². The molecule has 0 unspecified atom stereocenters. The fourth-order valence-corrected chi connectivity index (χ4v) is 3.26. The molecule has 0 radical (unpaired) electrons. The highest BCUT2D eigenvalue weighted by atomic mass is 32.1. The smallest absolute Gasteiger partial charge is 0.287 e. The van der Waals surface area contributed by atoms with Crippen LogP contribution in [0.25, 0.3) is 0 Å². The molecule has 3 atom stereocenters. The van der Waals surface area contributed by atoms with Gasteiger partial charge in [0.05, 0.1) is 19.4 Å². The first-order chi connectivity index (χ1) is 13.4. The van der Waals surface area contributed by atoms with Crippen LogP contribution in [0.1, 0.15) is 43.7 Å². The molecular weight excluding hydrogens is 382 g/mol. The van der Waals surface area contributed by atoms with E-state index in [0.717, 1.165) is 12.8 Å². The van der Waals surface area contributed by atoms with Gasteiger partial charge in [0, 0.05) is 6.04 Å². The van der Waals surface area contributed by atoms with Crippen LogP contribution in [0.15, 0.2) is 22.8 Å². The maximum atomic E-state index is 11.8. The van der Waals surface area contributed by atoms with Gasteiger partial charge in [-0.2, -0.15) is 0 Å². The lowest BCUT2D eigenvalue weighted by molar-refractivity contribution is -0.125. The number of nitrogens with one attached hydrogen (secondary N) is 5. The van der Waals surface area contributed by atoms with Crippen molar-refractivity contribution in [2.24, 2.45) is 11.8 Å². The summed E-state index contributed by atoms with van der Waals surface area (Å²) >= 11 is 5.21. The fourth-order valence-electron chi connectivity index (χ4n) is 3.06. The fraction of sp³-hybridized carbons (Fsp3) is 0.556. The number of carbonyl (C=O) groups is 3. The van der Waals surface area contributed by atoms with Crippen LogP contribution in [-0.4, -0.2) is 42.0 Å². The van der Waals surface area contributed by atoms with Crippen molar-refractivity contribution in [2.75, 3.05) is 13.1 Å². The summed E-state index contributed by atoms with van der Waals surface area (Å²) in [6, 6.07) is 3.33. The van der Waals surface area contributed by atoms with Gasteiger partial charge in [-0.3, -0.25) is 25.2 Å². The highest BCUT2D eigenvalue weighted by molar-refractivity contribution is 7.80. The zero-order chi connectivity index (χ0) is 20.5. The SMILES string of the molecule is C[C@@H]1[C@H](C)CCC[C@@H]1NC(=S)NNC(=O)CNC(=O)CNC(=O)c1ccco1. The molecule has 28 heavy (non-hydrogen) atoms. The second-order valence-corrected chi connectivity index (χ2v) is 7.37. The van der Waals surface area contributed by atoms with Gasteiger partial charge in [0.15, 0.2) is 10.9 Å². The van der Waals surface area contributed by atoms with E-state index in [1.807, 2.05) is 0 Å². The molecule has 1 saturated carbocycles. The molecule has 1 aliphatic carbocycles. The van der Waals surface area contributed by atoms with E-state index in [0.29, 0.717) is 16.9 Å². The molecule has 154 valence electrons. The molecule has 1 heterocycles. The van der Waals surface area contributed by atoms with Gasteiger partial charge in [-0.25, -0.2) is 0 Å². The van der Waals surface area contributed by atoms with Crippen LogP contribution >= 0.6 is 12.2 Å². The van der Waals surface area contributed by atoms with Gasteiger partial charge < -0.3 is 20.4 Å². The highest BCUT2D eigenvalue weighted by Crippen LogP contribution is 2.29. The molecule has 0 spiro atoms. The minimum atomic E-state index is -0.506.